The van der Waals surface area contributed by atoms with Gasteiger partial charge >= 0.3 is 0 Å². The van der Waals surface area contributed by atoms with E-state index < -0.39 is 0 Å². The van der Waals surface area contributed by atoms with Gasteiger partial charge in [-0.3, -0.25) is 0 Å². The van der Waals surface area contributed by atoms with Crippen LogP contribution in [0.5, 0.6) is 0 Å². The molecule has 0 aromatic carbocycles. The number of aryl methyl sites for hydroxylation is 2. The third-order valence-corrected chi connectivity index (χ3v) is 3.95. The summed E-state index contributed by atoms with van der Waals surface area (Å²) in [5.74, 6) is 0. The largest absolute Gasteiger partial charge is 0.329 e. The minimum absolute atomic E-state index is 0.746. The summed E-state index contributed by atoms with van der Waals surface area (Å²) in [4.78, 5) is 8.92. The number of fused-ring (bicyclic) bond motifs is 1. The van der Waals surface area contributed by atoms with Gasteiger partial charge in [0.15, 0.2) is 10.4 Å². The summed E-state index contributed by atoms with van der Waals surface area (Å²) in [6, 6.07) is 8.14. The van der Waals surface area contributed by atoms with Gasteiger partial charge in [0.2, 0.25) is 0 Å². The van der Waals surface area contributed by atoms with E-state index in [1.807, 2.05) is 12.1 Å². The van der Waals surface area contributed by atoms with Gasteiger partial charge in [-0.2, -0.15) is 0 Å². The Morgan fingerprint density at radius 2 is 2.29 bits per heavy atom. The van der Waals surface area contributed by atoms with Gasteiger partial charge in [-0.05, 0) is 42.2 Å². The molecule has 1 N–H and O–H groups in total. The Bertz CT molecular complexity index is 679. The van der Waals surface area contributed by atoms with Crippen LogP contribution in [0.1, 0.15) is 4.88 Å². The van der Waals surface area contributed by atoms with Crippen LogP contribution in [0.2, 0.25) is 0 Å². The molecule has 0 unspecified atom stereocenters. The zero-order chi connectivity index (χ0) is 11.7. The van der Waals surface area contributed by atoms with Crippen molar-refractivity contribution in [2.75, 3.05) is 0 Å². The molecule has 0 radical (unpaired) electrons. The highest BCUT2D eigenvalue weighted by Crippen LogP contribution is 2.14. The van der Waals surface area contributed by atoms with E-state index in [4.69, 9.17) is 12.2 Å². The standard InChI is InChI=1S/C12H11N3S2/c16-12-14-10-4-1-6-13-11(10)15(12)7-5-9-3-2-8-17-9/h1-4,6,8H,5,7H2,(H,14,16). The molecule has 3 rings (SSSR count). The van der Waals surface area contributed by atoms with Crippen molar-refractivity contribution in [2.45, 2.75) is 13.0 Å². The summed E-state index contributed by atoms with van der Waals surface area (Å²) in [5, 5.41) is 2.10. The van der Waals surface area contributed by atoms with Crippen molar-refractivity contribution in [1.82, 2.24) is 14.5 Å². The van der Waals surface area contributed by atoms with Crippen LogP contribution in [0.25, 0.3) is 11.2 Å². The molecule has 0 spiro atoms. The smallest absolute Gasteiger partial charge is 0.179 e. The first-order valence-corrected chi connectivity index (χ1v) is 6.69. The minimum Gasteiger partial charge on any atom is -0.329 e. The third-order valence-electron chi connectivity index (χ3n) is 2.69. The van der Waals surface area contributed by atoms with Crippen molar-refractivity contribution < 1.29 is 0 Å². The summed E-state index contributed by atoms with van der Waals surface area (Å²) in [5.41, 5.74) is 1.94. The first kappa shape index (κ1) is 10.7. The van der Waals surface area contributed by atoms with E-state index in [1.165, 1.54) is 4.88 Å². The molecule has 0 saturated heterocycles. The summed E-state index contributed by atoms with van der Waals surface area (Å²) >= 11 is 7.10. The number of aromatic amines is 1. The fraction of sp³-hybridized carbons (Fsp3) is 0.167. The second-order valence-electron chi connectivity index (χ2n) is 3.79. The topological polar surface area (TPSA) is 33.6 Å². The number of H-pyrrole nitrogens is 1. The predicted molar refractivity (Wildman–Crippen MR) is 72.9 cm³/mol. The SMILES string of the molecule is S=c1[nH]c2cccnc2n1CCc1cccs1. The predicted octanol–water partition coefficient (Wildman–Crippen LogP) is 3.40. The summed E-state index contributed by atoms with van der Waals surface area (Å²) in [7, 11) is 0. The van der Waals surface area contributed by atoms with Crippen LogP contribution in [0, 0.1) is 4.77 Å². The maximum Gasteiger partial charge on any atom is 0.179 e. The van der Waals surface area contributed by atoms with Crippen molar-refractivity contribution in [1.29, 1.82) is 0 Å². The molecule has 0 aliphatic carbocycles. The Hall–Kier alpha value is -1.46. The van der Waals surface area contributed by atoms with Gasteiger partial charge in [0.1, 0.15) is 0 Å². The van der Waals surface area contributed by atoms with E-state index in [2.05, 4.69) is 32.0 Å². The van der Waals surface area contributed by atoms with E-state index in [0.717, 1.165) is 28.9 Å². The Kier molecular flexibility index (Phi) is 2.78. The molecule has 86 valence electrons. The zero-order valence-electron chi connectivity index (χ0n) is 9.09. The number of nitrogens with one attached hydrogen (secondary N) is 1. The lowest BCUT2D eigenvalue weighted by molar-refractivity contribution is 0.706. The fourth-order valence-corrected chi connectivity index (χ4v) is 2.86. The van der Waals surface area contributed by atoms with E-state index in [-0.39, 0.29) is 0 Å². The molecular formula is C12H11N3S2. The normalized spacial score (nSPS) is 11.1. The Balaban J connectivity index is 1.94. The lowest BCUT2D eigenvalue weighted by atomic mass is 10.3. The van der Waals surface area contributed by atoms with Crippen LogP contribution in [0.4, 0.5) is 0 Å². The number of rotatable bonds is 3. The molecule has 0 amide bonds. The van der Waals surface area contributed by atoms with E-state index >= 15 is 0 Å². The maximum atomic E-state index is 5.32. The Labute approximate surface area is 108 Å². The number of nitrogens with zero attached hydrogens (tertiary/aromatic N) is 2. The van der Waals surface area contributed by atoms with Crippen LogP contribution < -0.4 is 0 Å². The van der Waals surface area contributed by atoms with Gasteiger partial charge in [-0.15, -0.1) is 11.3 Å². The van der Waals surface area contributed by atoms with Crippen molar-refractivity contribution in [3.05, 3.63) is 45.5 Å². The average Bonchev–Trinajstić information content (AvgIpc) is 2.93. The van der Waals surface area contributed by atoms with Crippen LogP contribution in [-0.4, -0.2) is 14.5 Å². The van der Waals surface area contributed by atoms with Gasteiger partial charge in [-0.25, -0.2) is 4.98 Å². The number of hydrogen-bond acceptors (Lipinski definition) is 3. The molecule has 3 nitrogen and oxygen atoms in total. The van der Waals surface area contributed by atoms with Crippen molar-refractivity contribution in [2.24, 2.45) is 0 Å². The zero-order valence-corrected chi connectivity index (χ0v) is 10.7. The van der Waals surface area contributed by atoms with Gasteiger partial charge in [-0.1, -0.05) is 6.07 Å². The van der Waals surface area contributed by atoms with E-state index in [9.17, 15) is 0 Å². The first-order chi connectivity index (χ1) is 8.34. The molecule has 0 bridgehead atoms. The van der Waals surface area contributed by atoms with Crippen molar-refractivity contribution >= 4 is 34.7 Å². The summed E-state index contributed by atoms with van der Waals surface area (Å²) in [6.07, 6.45) is 2.79. The summed E-state index contributed by atoms with van der Waals surface area (Å²) < 4.78 is 2.81. The van der Waals surface area contributed by atoms with Crippen LogP contribution in [0.15, 0.2) is 35.8 Å². The molecule has 3 aromatic heterocycles. The molecule has 0 fully saturated rings. The number of aromatic nitrogens is 3. The number of pyridine rings is 1. The van der Waals surface area contributed by atoms with E-state index in [1.54, 1.807) is 17.5 Å². The minimum atomic E-state index is 0.746. The average molecular weight is 261 g/mol. The Morgan fingerprint density at radius 1 is 1.35 bits per heavy atom. The Morgan fingerprint density at radius 3 is 3.12 bits per heavy atom. The molecule has 0 aliphatic rings. The maximum absolute atomic E-state index is 5.32. The van der Waals surface area contributed by atoms with Crippen molar-refractivity contribution in [3.63, 3.8) is 0 Å². The lowest BCUT2D eigenvalue weighted by Crippen LogP contribution is -2.01. The number of thiophene rings is 1. The highest BCUT2D eigenvalue weighted by molar-refractivity contribution is 7.71. The molecule has 17 heavy (non-hydrogen) atoms. The molecular weight excluding hydrogens is 250 g/mol. The van der Waals surface area contributed by atoms with Gasteiger partial charge < -0.3 is 9.55 Å². The molecule has 0 atom stereocenters. The van der Waals surface area contributed by atoms with Crippen molar-refractivity contribution in [3.8, 4) is 0 Å². The molecule has 5 heteroatoms. The van der Waals surface area contributed by atoms with Crippen LogP contribution >= 0.6 is 23.6 Å². The second kappa shape index (κ2) is 4.43. The summed E-state index contributed by atoms with van der Waals surface area (Å²) in [6.45, 7) is 0.871. The van der Waals surface area contributed by atoms with Gasteiger partial charge in [0.25, 0.3) is 0 Å². The van der Waals surface area contributed by atoms with Gasteiger partial charge in [0.05, 0.1) is 5.52 Å². The third kappa shape index (κ3) is 2.03. The lowest BCUT2D eigenvalue weighted by Gasteiger charge is -2.01. The monoisotopic (exact) mass is 261 g/mol. The fourth-order valence-electron chi connectivity index (χ4n) is 1.87. The molecule has 3 heterocycles. The van der Waals surface area contributed by atoms with Crippen LogP contribution in [-0.2, 0) is 13.0 Å². The molecule has 0 saturated carbocycles. The number of hydrogen-bond donors (Lipinski definition) is 1. The highest BCUT2D eigenvalue weighted by atomic mass is 32.1. The molecule has 0 aliphatic heterocycles. The molecule has 3 aromatic rings. The van der Waals surface area contributed by atoms with Gasteiger partial charge in [0, 0.05) is 17.6 Å². The number of imidazole rings is 1. The first-order valence-electron chi connectivity index (χ1n) is 5.40. The highest BCUT2D eigenvalue weighted by Gasteiger charge is 2.04. The quantitative estimate of drug-likeness (QED) is 0.733. The second-order valence-corrected chi connectivity index (χ2v) is 5.20. The van der Waals surface area contributed by atoms with Crippen LogP contribution in [0.3, 0.4) is 0 Å². The van der Waals surface area contributed by atoms with E-state index in [0.29, 0.717) is 0 Å².